The van der Waals surface area contributed by atoms with Crippen LogP contribution < -0.4 is 10.6 Å². The number of hydrogen-bond donors (Lipinski definition) is 2. The Morgan fingerprint density at radius 3 is 2.31 bits per heavy atom. The zero-order valence-corrected chi connectivity index (χ0v) is 19.9. The third kappa shape index (κ3) is 8.37. The first-order valence-electron chi connectivity index (χ1n) is 9.86. The van der Waals surface area contributed by atoms with Gasteiger partial charge in [-0.15, -0.1) is 24.0 Å². The molecule has 0 aromatic heterocycles. The third-order valence-corrected chi connectivity index (χ3v) is 6.89. The Bertz CT molecular complexity index is 606. The van der Waals surface area contributed by atoms with E-state index in [9.17, 15) is 21.6 Å². The van der Waals surface area contributed by atoms with Gasteiger partial charge in [-0.3, -0.25) is 4.99 Å². The van der Waals surface area contributed by atoms with Gasteiger partial charge in [-0.25, -0.2) is 8.42 Å². The average molecular weight is 556 g/mol. The van der Waals surface area contributed by atoms with Gasteiger partial charge < -0.3 is 15.4 Å². The average Bonchev–Trinajstić information content (AvgIpc) is 3.17. The molecule has 12 heteroatoms. The Labute approximate surface area is 188 Å². The summed E-state index contributed by atoms with van der Waals surface area (Å²) in [5.41, 5.74) is -5.23. The monoisotopic (exact) mass is 556 g/mol. The molecule has 1 saturated carbocycles. The van der Waals surface area contributed by atoms with Crippen molar-refractivity contribution in [1.29, 1.82) is 0 Å². The molecule has 2 rings (SSSR count). The summed E-state index contributed by atoms with van der Waals surface area (Å²) < 4.78 is 67.0. The van der Waals surface area contributed by atoms with Crippen molar-refractivity contribution in [3.05, 3.63) is 0 Å². The van der Waals surface area contributed by atoms with E-state index in [1.165, 1.54) is 12.8 Å². The molecule has 1 aliphatic carbocycles. The minimum absolute atomic E-state index is 0. The predicted octanol–water partition coefficient (Wildman–Crippen LogP) is 2.68. The Kier molecular flexibility index (Phi) is 11.5. The molecule has 1 saturated heterocycles. The topological polar surface area (TPSA) is 83.0 Å². The van der Waals surface area contributed by atoms with Crippen LogP contribution in [0, 0.1) is 5.92 Å². The first-order valence-corrected chi connectivity index (χ1v) is 11.3. The zero-order chi connectivity index (χ0) is 20.6. The van der Waals surface area contributed by atoms with Crippen LogP contribution in [0.3, 0.4) is 0 Å². The van der Waals surface area contributed by atoms with Crippen molar-refractivity contribution in [2.45, 2.75) is 56.6 Å². The molecule has 1 aliphatic heterocycles. The molecule has 1 heterocycles. The molecule has 0 bridgehead atoms. The summed E-state index contributed by atoms with van der Waals surface area (Å²) in [6, 6.07) is 0. The molecular weight excluding hydrogens is 524 g/mol. The highest BCUT2D eigenvalue weighted by molar-refractivity contribution is 14.0. The van der Waals surface area contributed by atoms with Crippen LogP contribution in [-0.2, 0) is 14.8 Å². The second-order valence-electron chi connectivity index (χ2n) is 7.30. The summed E-state index contributed by atoms with van der Waals surface area (Å²) in [5, 5.41) is 6.35. The van der Waals surface area contributed by atoms with E-state index in [0.717, 1.165) is 19.3 Å². The minimum atomic E-state index is -5.23. The Hall–Kier alpha value is -0.340. The summed E-state index contributed by atoms with van der Waals surface area (Å²) in [6.07, 6.45) is 6.85. The molecule has 0 aromatic rings. The van der Waals surface area contributed by atoms with E-state index < -0.39 is 15.5 Å². The van der Waals surface area contributed by atoms with Gasteiger partial charge >= 0.3 is 15.5 Å². The quantitative estimate of drug-likeness (QED) is 0.208. The maximum atomic E-state index is 12.6. The van der Waals surface area contributed by atoms with E-state index in [4.69, 9.17) is 4.74 Å². The van der Waals surface area contributed by atoms with Crippen LogP contribution in [0.4, 0.5) is 13.2 Å². The van der Waals surface area contributed by atoms with Crippen molar-refractivity contribution >= 4 is 40.0 Å². The van der Waals surface area contributed by atoms with Crippen LogP contribution in [0.5, 0.6) is 0 Å². The molecule has 7 nitrogen and oxygen atoms in total. The molecule has 0 amide bonds. The summed E-state index contributed by atoms with van der Waals surface area (Å²) in [5.74, 6) is 0.732. The van der Waals surface area contributed by atoms with Crippen molar-refractivity contribution in [3.8, 4) is 0 Å². The van der Waals surface area contributed by atoms with Gasteiger partial charge in [0.15, 0.2) is 5.96 Å². The van der Waals surface area contributed by atoms with E-state index in [1.54, 1.807) is 7.05 Å². The normalized spacial score (nSPS) is 20.5. The molecule has 29 heavy (non-hydrogen) atoms. The fourth-order valence-corrected chi connectivity index (χ4v) is 4.53. The number of rotatable bonds is 8. The SMILES string of the molecule is CN=C(NCCCOC1CCCC1)NCC1CCN(S(=O)(=O)C(F)(F)F)CC1.I. The van der Waals surface area contributed by atoms with Crippen LogP contribution in [0.25, 0.3) is 0 Å². The van der Waals surface area contributed by atoms with Crippen molar-refractivity contribution in [1.82, 2.24) is 14.9 Å². The maximum Gasteiger partial charge on any atom is 0.511 e. The lowest BCUT2D eigenvalue weighted by atomic mass is 9.98. The summed E-state index contributed by atoms with van der Waals surface area (Å²) >= 11 is 0. The highest BCUT2D eigenvalue weighted by atomic mass is 127. The molecule has 0 atom stereocenters. The molecule has 172 valence electrons. The van der Waals surface area contributed by atoms with Crippen LogP contribution in [-0.4, -0.2) is 70.1 Å². The predicted molar refractivity (Wildman–Crippen MR) is 117 cm³/mol. The van der Waals surface area contributed by atoms with E-state index >= 15 is 0 Å². The number of piperidine rings is 1. The van der Waals surface area contributed by atoms with Gasteiger partial charge in [-0.2, -0.15) is 17.5 Å². The first-order chi connectivity index (χ1) is 13.2. The second kappa shape index (κ2) is 12.5. The molecule has 0 aromatic carbocycles. The highest BCUT2D eigenvalue weighted by Crippen LogP contribution is 2.30. The van der Waals surface area contributed by atoms with Crippen LogP contribution in [0.1, 0.15) is 44.9 Å². The number of aliphatic imine (C=N–C) groups is 1. The summed E-state index contributed by atoms with van der Waals surface area (Å²) in [4.78, 5) is 4.13. The van der Waals surface area contributed by atoms with Gasteiger partial charge in [0.1, 0.15) is 0 Å². The number of guanidine groups is 1. The standard InChI is InChI=1S/C17H31F3N4O3S.HI/c1-21-16(22-9-4-12-27-15-5-2-3-6-15)23-13-14-7-10-24(11-8-14)28(25,26)17(18,19)20;/h14-15H,2-13H2,1H3,(H2,21,22,23);1H. The first kappa shape index (κ1) is 26.7. The van der Waals surface area contributed by atoms with Crippen molar-refractivity contribution < 1.29 is 26.3 Å². The van der Waals surface area contributed by atoms with Gasteiger partial charge in [0.2, 0.25) is 0 Å². The number of halogens is 4. The number of ether oxygens (including phenoxy) is 1. The van der Waals surface area contributed by atoms with E-state index in [0.29, 0.717) is 48.9 Å². The molecule has 2 N–H and O–H groups in total. The van der Waals surface area contributed by atoms with E-state index in [2.05, 4.69) is 15.6 Å². The third-order valence-electron chi connectivity index (χ3n) is 5.26. The zero-order valence-electron chi connectivity index (χ0n) is 16.7. The lowest BCUT2D eigenvalue weighted by molar-refractivity contribution is -0.0496. The van der Waals surface area contributed by atoms with E-state index in [1.807, 2.05) is 0 Å². The molecule has 0 radical (unpaired) electrons. The number of alkyl halides is 3. The second-order valence-corrected chi connectivity index (χ2v) is 9.23. The maximum absolute atomic E-state index is 12.6. The fraction of sp³-hybridized carbons (Fsp3) is 0.941. The Balaban J connectivity index is 0.00000420. The van der Waals surface area contributed by atoms with Crippen molar-refractivity contribution in [2.75, 3.05) is 39.8 Å². The smallest absolute Gasteiger partial charge is 0.378 e. The number of nitrogens with zero attached hydrogens (tertiary/aromatic N) is 2. The summed E-state index contributed by atoms with van der Waals surface area (Å²) in [6.45, 7) is 1.74. The lowest BCUT2D eigenvalue weighted by Gasteiger charge is -2.31. The highest BCUT2D eigenvalue weighted by Gasteiger charge is 2.50. The molecule has 0 spiro atoms. The Morgan fingerprint density at radius 1 is 1.14 bits per heavy atom. The van der Waals surface area contributed by atoms with E-state index in [-0.39, 0.29) is 43.0 Å². The minimum Gasteiger partial charge on any atom is -0.378 e. The molecule has 2 fully saturated rings. The van der Waals surface area contributed by atoms with Crippen molar-refractivity contribution in [2.24, 2.45) is 10.9 Å². The largest absolute Gasteiger partial charge is 0.511 e. The number of nitrogens with one attached hydrogen (secondary N) is 2. The van der Waals surface area contributed by atoms with Crippen LogP contribution in [0.2, 0.25) is 0 Å². The van der Waals surface area contributed by atoms with Gasteiger partial charge in [0, 0.05) is 39.8 Å². The van der Waals surface area contributed by atoms with Gasteiger partial charge in [-0.1, -0.05) is 12.8 Å². The van der Waals surface area contributed by atoms with Crippen molar-refractivity contribution in [3.63, 3.8) is 0 Å². The number of sulfonamides is 1. The fourth-order valence-electron chi connectivity index (χ4n) is 3.55. The Morgan fingerprint density at radius 2 is 1.76 bits per heavy atom. The summed E-state index contributed by atoms with van der Waals surface area (Å²) in [7, 11) is -3.56. The molecule has 2 aliphatic rings. The molecular formula is C17H32F3IN4O3S. The van der Waals surface area contributed by atoms with Gasteiger partial charge in [0.25, 0.3) is 0 Å². The van der Waals surface area contributed by atoms with Crippen LogP contribution >= 0.6 is 24.0 Å². The van der Waals surface area contributed by atoms with Gasteiger partial charge in [-0.05, 0) is 38.0 Å². The molecule has 0 unspecified atom stereocenters. The lowest BCUT2D eigenvalue weighted by Crippen LogP contribution is -2.47. The van der Waals surface area contributed by atoms with Crippen LogP contribution in [0.15, 0.2) is 4.99 Å². The number of hydrogen-bond acceptors (Lipinski definition) is 4. The van der Waals surface area contributed by atoms with Gasteiger partial charge in [0.05, 0.1) is 6.10 Å².